The second kappa shape index (κ2) is 14.8. The van der Waals surface area contributed by atoms with Crippen LogP contribution in [-0.4, -0.2) is 104 Å². The topological polar surface area (TPSA) is 132 Å². The van der Waals surface area contributed by atoms with Crippen LogP contribution in [0.3, 0.4) is 0 Å². The summed E-state index contributed by atoms with van der Waals surface area (Å²) in [5.41, 5.74) is 2.82. The number of hydrogen-bond donors (Lipinski definition) is 1. The van der Waals surface area contributed by atoms with E-state index in [-0.39, 0.29) is 37.0 Å². The van der Waals surface area contributed by atoms with Gasteiger partial charge in [0.2, 0.25) is 5.88 Å². The van der Waals surface area contributed by atoms with E-state index < -0.39 is 18.6 Å². The molecule has 1 N–H and O–H groups in total. The Bertz CT molecular complexity index is 2120. The third-order valence-electron chi connectivity index (χ3n) is 9.46. The number of piperidine rings is 1. The van der Waals surface area contributed by atoms with E-state index >= 15 is 8.78 Å². The third kappa shape index (κ3) is 7.51. The Hall–Kier alpha value is -5.28. The highest BCUT2D eigenvalue weighted by molar-refractivity contribution is 6.00. The number of allylic oxidation sites excluding steroid dienone is 1. The molecule has 2 atom stereocenters. The van der Waals surface area contributed by atoms with E-state index in [1.54, 1.807) is 42.3 Å². The molecule has 2 aliphatic rings. The second-order valence-corrected chi connectivity index (χ2v) is 13.3. The molecule has 5 heterocycles. The summed E-state index contributed by atoms with van der Waals surface area (Å²) < 4.78 is 51.1. The van der Waals surface area contributed by atoms with Crippen LogP contribution < -0.4 is 19.5 Å². The van der Waals surface area contributed by atoms with Gasteiger partial charge in [-0.1, -0.05) is 6.08 Å². The first-order valence-corrected chi connectivity index (χ1v) is 17.4. The largest absolute Gasteiger partial charge is 0.493 e. The fourth-order valence-electron chi connectivity index (χ4n) is 6.75. The minimum absolute atomic E-state index is 0.0845. The first kappa shape index (κ1) is 35.1. The highest BCUT2D eigenvalue weighted by Gasteiger charge is 2.46. The summed E-state index contributed by atoms with van der Waals surface area (Å²) >= 11 is 0. The fraction of sp³-hybridized carbons (Fsp3) is 0.405. The van der Waals surface area contributed by atoms with Crippen molar-refractivity contribution < 1.29 is 27.8 Å². The molecule has 0 unspecified atom stereocenters. The van der Waals surface area contributed by atoms with Gasteiger partial charge in [-0.15, -0.1) is 0 Å². The molecule has 3 aromatic heterocycles. The van der Waals surface area contributed by atoms with Crippen LogP contribution in [0.2, 0.25) is 0 Å². The van der Waals surface area contributed by atoms with Gasteiger partial charge in [0.25, 0.3) is 5.92 Å². The van der Waals surface area contributed by atoms with Crippen LogP contribution in [0, 0.1) is 6.92 Å². The van der Waals surface area contributed by atoms with Gasteiger partial charge in [-0.3, -0.25) is 9.69 Å². The molecular weight excluding hydrogens is 672 g/mol. The van der Waals surface area contributed by atoms with Gasteiger partial charge in [-0.25, -0.2) is 33.2 Å². The number of ether oxygens (including phenoxy) is 3. The number of hydrogen-bond acceptors (Lipinski definition) is 12. The summed E-state index contributed by atoms with van der Waals surface area (Å²) in [6, 6.07) is 9.03. The molecule has 5 aromatic rings. The Morgan fingerprint density at radius 3 is 2.69 bits per heavy atom. The Kier molecular flexibility index (Phi) is 9.97. The van der Waals surface area contributed by atoms with Crippen molar-refractivity contribution in [1.82, 2.24) is 39.3 Å². The molecule has 0 saturated carbocycles. The van der Waals surface area contributed by atoms with Crippen LogP contribution in [0.4, 0.5) is 20.3 Å². The molecule has 0 amide bonds. The van der Waals surface area contributed by atoms with Crippen molar-refractivity contribution >= 4 is 33.8 Å². The minimum Gasteiger partial charge on any atom is -0.493 e. The highest BCUT2D eigenvalue weighted by Crippen LogP contribution is 2.43. The minimum atomic E-state index is -3.15. The number of halogens is 2. The van der Waals surface area contributed by atoms with E-state index in [1.807, 2.05) is 33.0 Å². The normalized spacial score (nSPS) is 19.4. The first-order chi connectivity index (χ1) is 25.1. The maximum atomic E-state index is 15.6. The van der Waals surface area contributed by atoms with Crippen molar-refractivity contribution in [2.45, 2.75) is 57.6 Å². The smallest absolute Gasteiger partial charge is 0.296 e. The van der Waals surface area contributed by atoms with Crippen LogP contribution in [-0.2, 0) is 11.2 Å². The number of ketones is 1. The molecule has 0 spiro atoms. The molecule has 0 aliphatic carbocycles. The number of carbonyl (C=O) groups is 1. The maximum absolute atomic E-state index is 15.6. The zero-order valence-corrected chi connectivity index (χ0v) is 29.6. The summed E-state index contributed by atoms with van der Waals surface area (Å²) in [4.78, 5) is 34.8. The summed E-state index contributed by atoms with van der Waals surface area (Å²) in [5.74, 6) is -1.65. The van der Waals surface area contributed by atoms with Crippen molar-refractivity contribution in [1.29, 1.82) is 0 Å². The third-order valence-corrected chi connectivity index (χ3v) is 9.46. The molecule has 2 saturated heterocycles. The number of aryl methyl sites for hydroxylation is 1. The van der Waals surface area contributed by atoms with Crippen molar-refractivity contribution in [3.63, 3.8) is 0 Å². The van der Waals surface area contributed by atoms with Gasteiger partial charge < -0.3 is 24.4 Å². The Balaban J connectivity index is 1.26. The first-order valence-electron chi connectivity index (χ1n) is 17.4. The lowest BCUT2D eigenvalue weighted by atomic mass is 10.00. The molecule has 13 nitrogen and oxygen atoms in total. The van der Waals surface area contributed by atoms with Gasteiger partial charge in [0.15, 0.2) is 17.5 Å². The van der Waals surface area contributed by atoms with Gasteiger partial charge in [-0.05, 0) is 77.2 Å². The van der Waals surface area contributed by atoms with Crippen LogP contribution in [0.15, 0.2) is 61.5 Å². The summed E-state index contributed by atoms with van der Waals surface area (Å²) in [6.07, 6.45) is 8.37. The van der Waals surface area contributed by atoms with E-state index in [9.17, 15) is 4.79 Å². The van der Waals surface area contributed by atoms with E-state index in [4.69, 9.17) is 14.2 Å². The number of nitrogens with zero attached hydrogens (tertiary/aromatic N) is 8. The Labute approximate surface area is 299 Å². The molecule has 7 rings (SSSR count). The molecule has 2 aromatic carbocycles. The average Bonchev–Trinajstić information content (AvgIpc) is 3.75. The molecule has 0 radical (unpaired) electrons. The molecule has 0 bridgehead atoms. The molecule has 15 heteroatoms. The lowest BCUT2D eigenvalue weighted by molar-refractivity contribution is -0.135. The van der Waals surface area contributed by atoms with Crippen LogP contribution >= 0.6 is 0 Å². The standard InChI is InChI=1S/C37H41F2N9O4/c1-5-50-30-17-28-34(35(52-31-12-14-46(3)19-37(31,38)39)27(30)16-26(49)10-9-25-7-6-13-47(25)4)36(42-20-40-28)45-24-8-11-29(23(2)15-24)51-33-18-32-41-21-44-48(32)22-43-33/h8-11,15,17-18,20-22,25,31H,5-7,12-14,16,19H2,1-4H3,(H,40,42,45)/b10-9+/t25-,31-/m1/s1. The molecular formula is C37H41F2N9O4. The Morgan fingerprint density at radius 2 is 1.92 bits per heavy atom. The summed E-state index contributed by atoms with van der Waals surface area (Å²) in [5, 5.41) is 7.76. The zero-order chi connectivity index (χ0) is 36.4. The summed E-state index contributed by atoms with van der Waals surface area (Å²) in [7, 11) is 3.69. The maximum Gasteiger partial charge on any atom is 0.296 e. The van der Waals surface area contributed by atoms with Crippen LogP contribution in [0.5, 0.6) is 23.1 Å². The van der Waals surface area contributed by atoms with Gasteiger partial charge in [0.05, 0.1) is 24.1 Å². The highest BCUT2D eigenvalue weighted by atomic mass is 19.3. The fourth-order valence-corrected chi connectivity index (χ4v) is 6.75. The number of aromatic nitrogens is 6. The molecule has 272 valence electrons. The van der Waals surface area contributed by atoms with Gasteiger partial charge >= 0.3 is 0 Å². The number of alkyl halides is 2. The van der Waals surface area contributed by atoms with Crippen molar-refractivity contribution in [3.8, 4) is 23.1 Å². The lowest BCUT2D eigenvalue weighted by Crippen LogP contribution is -2.52. The summed E-state index contributed by atoms with van der Waals surface area (Å²) in [6.45, 7) is 4.93. The molecule has 2 aliphatic heterocycles. The van der Waals surface area contributed by atoms with Crippen molar-refractivity contribution in [3.05, 3.63) is 72.6 Å². The number of likely N-dealkylation sites (N-methyl/N-ethyl adjacent to an activating group) is 1. The second-order valence-electron chi connectivity index (χ2n) is 13.3. The van der Waals surface area contributed by atoms with Crippen LogP contribution in [0.25, 0.3) is 16.6 Å². The van der Waals surface area contributed by atoms with E-state index in [2.05, 4.69) is 35.3 Å². The van der Waals surface area contributed by atoms with Crippen molar-refractivity contribution in [2.75, 3.05) is 45.7 Å². The monoisotopic (exact) mass is 713 g/mol. The predicted octanol–water partition coefficient (Wildman–Crippen LogP) is 5.79. The number of carbonyl (C=O) groups excluding carboxylic acids is 1. The lowest BCUT2D eigenvalue weighted by Gasteiger charge is -2.37. The SMILES string of the molecule is CCOc1cc2ncnc(Nc3ccc(Oc4cc5ncnn5cn4)c(C)c3)c2c(O[C@@H]2CCN(C)CC2(F)F)c1CC(=O)/C=C/[C@H]1CCCN1C. The number of likely N-dealkylation sites (tertiary alicyclic amines) is 2. The number of benzene rings is 2. The average molecular weight is 714 g/mol. The zero-order valence-electron chi connectivity index (χ0n) is 29.6. The number of rotatable bonds is 12. The van der Waals surface area contributed by atoms with E-state index in [1.165, 1.54) is 23.5 Å². The molecule has 2 fully saturated rings. The number of nitrogens with one attached hydrogen (secondary N) is 1. The van der Waals surface area contributed by atoms with Crippen LogP contribution in [0.1, 0.15) is 37.3 Å². The number of anilines is 2. The van der Waals surface area contributed by atoms with E-state index in [0.29, 0.717) is 57.5 Å². The Morgan fingerprint density at radius 1 is 1.06 bits per heavy atom. The number of fused-ring (bicyclic) bond motifs is 2. The quantitative estimate of drug-likeness (QED) is 0.157. The van der Waals surface area contributed by atoms with E-state index in [0.717, 1.165) is 24.9 Å². The molecule has 52 heavy (non-hydrogen) atoms. The van der Waals surface area contributed by atoms with Gasteiger partial charge in [0.1, 0.15) is 42.0 Å². The predicted molar refractivity (Wildman–Crippen MR) is 191 cm³/mol. The van der Waals surface area contributed by atoms with Crippen molar-refractivity contribution in [2.24, 2.45) is 0 Å². The van der Waals surface area contributed by atoms with Gasteiger partial charge in [-0.2, -0.15) is 5.10 Å². The van der Waals surface area contributed by atoms with Gasteiger partial charge in [0, 0.05) is 48.8 Å².